The average Bonchev–Trinajstić information content (AvgIpc) is 2.83. The van der Waals surface area contributed by atoms with E-state index in [0.717, 1.165) is 32.1 Å². The first-order chi connectivity index (χ1) is 9.24. The number of hydrogen-bond acceptors (Lipinski definition) is 3. The highest BCUT2D eigenvalue weighted by atomic mass is 16.5. The molecule has 1 rings (SSSR count). The minimum absolute atomic E-state index is 0.0548. The van der Waals surface area contributed by atoms with Crippen LogP contribution < -0.4 is 5.32 Å². The van der Waals surface area contributed by atoms with Gasteiger partial charge >= 0.3 is 5.97 Å². The molecule has 108 valence electrons. The average molecular weight is 267 g/mol. The molecule has 1 fully saturated rings. The zero-order valence-electron chi connectivity index (χ0n) is 11.8. The molecular formula is C15H25NO3. The van der Waals surface area contributed by atoms with Crippen molar-refractivity contribution < 1.29 is 14.3 Å². The lowest BCUT2D eigenvalue weighted by Gasteiger charge is -2.09. The Bertz CT molecular complexity index is 313. The van der Waals surface area contributed by atoms with Crippen molar-refractivity contribution in [3.05, 3.63) is 12.2 Å². The molecule has 1 aliphatic heterocycles. The van der Waals surface area contributed by atoms with Crippen LogP contribution in [0.1, 0.15) is 58.3 Å². The van der Waals surface area contributed by atoms with Crippen LogP contribution in [-0.4, -0.2) is 24.5 Å². The van der Waals surface area contributed by atoms with E-state index in [1.165, 1.54) is 6.42 Å². The zero-order valence-corrected chi connectivity index (χ0v) is 11.8. The fourth-order valence-corrected chi connectivity index (χ4v) is 2.01. The molecule has 0 aromatic carbocycles. The van der Waals surface area contributed by atoms with Crippen molar-refractivity contribution in [3.8, 4) is 0 Å². The summed E-state index contributed by atoms with van der Waals surface area (Å²) in [5.41, 5.74) is 0. The lowest BCUT2D eigenvalue weighted by Crippen LogP contribution is -2.34. The van der Waals surface area contributed by atoms with Gasteiger partial charge in [0, 0.05) is 6.42 Å². The SMILES string of the molecule is CCC/C=C/CCCCCOC(=O)[C@@H]1CCC(=O)N1. The fourth-order valence-electron chi connectivity index (χ4n) is 2.01. The van der Waals surface area contributed by atoms with Crippen LogP contribution in [0.25, 0.3) is 0 Å². The van der Waals surface area contributed by atoms with Crippen molar-refractivity contribution in [2.45, 2.75) is 64.3 Å². The number of rotatable bonds is 9. The van der Waals surface area contributed by atoms with Crippen molar-refractivity contribution in [2.75, 3.05) is 6.61 Å². The second-order valence-corrected chi connectivity index (χ2v) is 4.94. The smallest absolute Gasteiger partial charge is 0.328 e. The maximum atomic E-state index is 11.5. The quantitative estimate of drug-likeness (QED) is 0.397. The summed E-state index contributed by atoms with van der Waals surface area (Å²) in [6.45, 7) is 2.63. The molecule has 0 saturated carbocycles. The van der Waals surface area contributed by atoms with Gasteiger partial charge in [0.25, 0.3) is 0 Å². The summed E-state index contributed by atoms with van der Waals surface area (Å²) in [6, 6.07) is -0.413. The number of carbonyl (C=O) groups excluding carboxylic acids is 2. The Kier molecular flexibility index (Phi) is 7.94. The van der Waals surface area contributed by atoms with Gasteiger partial charge in [0.1, 0.15) is 6.04 Å². The molecule has 1 atom stereocenters. The summed E-state index contributed by atoms with van der Waals surface area (Å²) in [5, 5.41) is 2.61. The number of carbonyl (C=O) groups is 2. The minimum atomic E-state index is -0.413. The van der Waals surface area contributed by atoms with Crippen LogP contribution in [0.15, 0.2) is 12.2 Å². The van der Waals surface area contributed by atoms with Gasteiger partial charge in [-0.15, -0.1) is 0 Å². The Morgan fingerprint density at radius 3 is 2.79 bits per heavy atom. The topological polar surface area (TPSA) is 55.4 Å². The Balaban J connectivity index is 1.93. The fraction of sp³-hybridized carbons (Fsp3) is 0.733. The number of hydrogen-bond donors (Lipinski definition) is 1. The first kappa shape index (κ1) is 15.7. The van der Waals surface area contributed by atoms with Gasteiger partial charge in [-0.2, -0.15) is 0 Å². The van der Waals surface area contributed by atoms with E-state index in [9.17, 15) is 9.59 Å². The van der Waals surface area contributed by atoms with Crippen LogP contribution in [0.5, 0.6) is 0 Å². The molecule has 0 bridgehead atoms. The maximum absolute atomic E-state index is 11.5. The zero-order chi connectivity index (χ0) is 13.9. The van der Waals surface area contributed by atoms with Gasteiger partial charge in [-0.25, -0.2) is 4.79 Å². The lowest BCUT2D eigenvalue weighted by atomic mass is 10.2. The van der Waals surface area contributed by atoms with E-state index in [-0.39, 0.29) is 11.9 Å². The van der Waals surface area contributed by atoms with E-state index in [1.54, 1.807) is 0 Å². The molecule has 0 radical (unpaired) electrons. The molecule has 4 heteroatoms. The van der Waals surface area contributed by atoms with Crippen LogP contribution in [-0.2, 0) is 14.3 Å². The van der Waals surface area contributed by atoms with Crippen LogP contribution in [0, 0.1) is 0 Å². The molecule has 0 aromatic heterocycles. The van der Waals surface area contributed by atoms with Gasteiger partial charge in [-0.1, -0.05) is 25.5 Å². The van der Waals surface area contributed by atoms with Crippen molar-refractivity contribution in [1.82, 2.24) is 5.32 Å². The Labute approximate surface area is 115 Å². The van der Waals surface area contributed by atoms with Crippen molar-refractivity contribution >= 4 is 11.9 Å². The summed E-state index contributed by atoms with van der Waals surface area (Å²) in [6.07, 6.45) is 12.0. The number of amides is 1. The third-order valence-electron chi connectivity index (χ3n) is 3.16. The molecule has 1 amide bonds. The van der Waals surface area contributed by atoms with Gasteiger partial charge in [-0.3, -0.25) is 4.79 Å². The molecule has 1 aliphatic rings. The predicted octanol–water partition coefficient (Wildman–Crippen LogP) is 2.72. The van der Waals surface area contributed by atoms with Gasteiger partial charge < -0.3 is 10.1 Å². The number of esters is 1. The van der Waals surface area contributed by atoms with Crippen molar-refractivity contribution in [3.63, 3.8) is 0 Å². The highest BCUT2D eigenvalue weighted by molar-refractivity contribution is 5.87. The Morgan fingerprint density at radius 2 is 2.11 bits per heavy atom. The molecule has 1 heterocycles. The van der Waals surface area contributed by atoms with Gasteiger partial charge in [0.2, 0.25) is 5.91 Å². The molecule has 0 spiro atoms. The number of allylic oxidation sites excluding steroid dienone is 2. The highest BCUT2D eigenvalue weighted by Gasteiger charge is 2.28. The molecule has 4 nitrogen and oxygen atoms in total. The van der Waals surface area contributed by atoms with E-state index >= 15 is 0 Å². The molecule has 0 aliphatic carbocycles. The number of unbranched alkanes of at least 4 members (excludes halogenated alkanes) is 4. The van der Waals surface area contributed by atoms with E-state index in [0.29, 0.717) is 19.4 Å². The van der Waals surface area contributed by atoms with Gasteiger partial charge in [-0.05, 0) is 38.5 Å². The number of ether oxygens (including phenoxy) is 1. The molecule has 19 heavy (non-hydrogen) atoms. The third-order valence-corrected chi connectivity index (χ3v) is 3.16. The normalized spacial score (nSPS) is 18.8. The predicted molar refractivity (Wildman–Crippen MR) is 74.6 cm³/mol. The van der Waals surface area contributed by atoms with Crippen LogP contribution >= 0.6 is 0 Å². The summed E-state index contributed by atoms with van der Waals surface area (Å²) < 4.78 is 5.15. The standard InChI is InChI=1S/C15H25NO3/c1-2-3-4-5-6-7-8-9-12-19-15(18)13-10-11-14(17)16-13/h4-5,13H,2-3,6-12H2,1H3,(H,16,17)/b5-4+/t13-/m0/s1. The summed E-state index contributed by atoms with van der Waals surface area (Å²) in [5.74, 6) is -0.338. The molecule has 0 unspecified atom stereocenters. The van der Waals surface area contributed by atoms with Crippen molar-refractivity contribution in [2.24, 2.45) is 0 Å². The second-order valence-electron chi connectivity index (χ2n) is 4.94. The molecular weight excluding hydrogens is 242 g/mol. The monoisotopic (exact) mass is 267 g/mol. The van der Waals surface area contributed by atoms with E-state index in [2.05, 4.69) is 24.4 Å². The molecule has 0 aromatic rings. The summed E-state index contributed by atoms with van der Waals surface area (Å²) >= 11 is 0. The van der Waals surface area contributed by atoms with Crippen molar-refractivity contribution in [1.29, 1.82) is 0 Å². The van der Waals surface area contributed by atoms with E-state index in [4.69, 9.17) is 4.74 Å². The van der Waals surface area contributed by atoms with Crippen LogP contribution in [0.2, 0.25) is 0 Å². The Morgan fingerprint density at radius 1 is 1.32 bits per heavy atom. The van der Waals surface area contributed by atoms with E-state index < -0.39 is 6.04 Å². The first-order valence-electron chi connectivity index (χ1n) is 7.35. The van der Waals surface area contributed by atoms with Crippen LogP contribution in [0.3, 0.4) is 0 Å². The summed E-state index contributed by atoms with van der Waals surface area (Å²) in [7, 11) is 0. The maximum Gasteiger partial charge on any atom is 0.328 e. The van der Waals surface area contributed by atoms with Gasteiger partial charge in [0.15, 0.2) is 0 Å². The molecule has 1 N–H and O–H groups in total. The highest BCUT2D eigenvalue weighted by Crippen LogP contribution is 2.09. The van der Waals surface area contributed by atoms with Crippen LogP contribution in [0.4, 0.5) is 0 Å². The first-order valence-corrected chi connectivity index (χ1v) is 7.35. The number of nitrogens with one attached hydrogen (secondary N) is 1. The van der Waals surface area contributed by atoms with Gasteiger partial charge in [0.05, 0.1) is 6.61 Å². The molecule has 1 saturated heterocycles. The minimum Gasteiger partial charge on any atom is -0.464 e. The largest absolute Gasteiger partial charge is 0.464 e. The lowest BCUT2D eigenvalue weighted by molar-refractivity contribution is -0.146. The van der Waals surface area contributed by atoms with E-state index in [1.807, 2.05) is 0 Å². The Hall–Kier alpha value is -1.32. The summed E-state index contributed by atoms with van der Waals surface area (Å²) in [4.78, 5) is 22.5. The third kappa shape index (κ3) is 6.99. The second kappa shape index (κ2) is 9.59.